The van der Waals surface area contributed by atoms with Crippen LogP contribution in [0.3, 0.4) is 0 Å². The van der Waals surface area contributed by atoms with Crippen LogP contribution in [0.2, 0.25) is 0 Å². The van der Waals surface area contributed by atoms with Gasteiger partial charge in [0, 0.05) is 4.88 Å². The molecule has 2 heterocycles. The maximum atomic E-state index is 4.64. The number of nitrogens with zero attached hydrogens (tertiary/aromatic N) is 1. The largest absolute Gasteiger partial charge is 0.337 e. The van der Waals surface area contributed by atoms with Gasteiger partial charge in [-0.15, -0.1) is 11.3 Å². The van der Waals surface area contributed by atoms with Crippen molar-refractivity contribution in [1.29, 1.82) is 0 Å². The van der Waals surface area contributed by atoms with E-state index in [-0.39, 0.29) is 0 Å². The molecule has 0 atom stereocenters. The van der Waals surface area contributed by atoms with E-state index in [0.29, 0.717) is 0 Å². The first-order chi connectivity index (χ1) is 9.90. The molecule has 0 bridgehead atoms. The van der Waals surface area contributed by atoms with Crippen LogP contribution in [-0.4, -0.2) is 9.97 Å². The zero-order valence-electron chi connectivity index (χ0n) is 10.7. The van der Waals surface area contributed by atoms with Gasteiger partial charge < -0.3 is 4.98 Å². The van der Waals surface area contributed by atoms with Crippen LogP contribution in [0.25, 0.3) is 32.2 Å². The van der Waals surface area contributed by atoms with Crippen molar-refractivity contribution in [2.45, 2.75) is 0 Å². The maximum absolute atomic E-state index is 4.64. The topological polar surface area (TPSA) is 28.7 Å². The van der Waals surface area contributed by atoms with E-state index in [1.54, 1.807) is 11.3 Å². The fourth-order valence-corrected chi connectivity index (χ4v) is 3.25. The number of rotatable bonds is 2. The molecule has 3 heteroatoms. The predicted molar refractivity (Wildman–Crippen MR) is 84.8 cm³/mol. The second-order valence-electron chi connectivity index (χ2n) is 4.63. The van der Waals surface area contributed by atoms with Gasteiger partial charge in [0.15, 0.2) is 0 Å². The Balaban J connectivity index is 1.78. The number of nitrogens with one attached hydrogen (secondary N) is 1. The first kappa shape index (κ1) is 11.4. The van der Waals surface area contributed by atoms with Crippen molar-refractivity contribution in [2.24, 2.45) is 0 Å². The van der Waals surface area contributed by atoms with E-state index in [1.165, 1.54) is 15.3 Å². The van der Waals surface area contributed by atoms with Gasteiger partial charge in [0.1, 0.15) is 5.82 Å². The average molecular weight is 276 g/mol. The lowest BCUT2D eigenvalue weighted by atomic mass is 10.2. The van der Waals surface area contributed by atoms with E-state index in [1.807, 2.05) is 24.3 Å². The molecule has 0 aliphatic heterocycles. The highest BCUT2D eigenvalue weighted by Gasteiger charge is 2.08. The Hall–Kier alpha value is -2.39. The van der Waals surface area contributed by atoms with Gasteiger partial charge in [0.25, 0.3) is 0 Å². The summed E-state index contributed by atoms with van der Waals surface area (Å²) in [6.45, 7) is 0. The number of hydrogen-bond donors (Lipinski definition) is 1. The second-order valence-corrected chi connectivity index (χ2v) is 5.72. The van der Waals surface area contributed by atoms with E-state index >= 15 is 0 Å². The minimum Gasteiger partial charge on any atom is -0.337 e. The summed E-state index contributed by atoms with van der Waals surface area (Å²) < 4.78 is 0. The molecule has 0 saturated heterocycles. The fourth-order valence-electron chi connectivity index (χ4n) is 2.29. The van der Waals surface area contributed by atoms with Crippen LogP contribution in [0, 0.1) is 0 Å². The van der Waals surface area contributed by atoms with E-state index in [9.17, 15) is 0 Å². The van der Waals surface area contributed by atoms with Gasteiger partial charge in [0.05, 0.1) is 15.9 Å². The highest BCUT2D eigenvalue weighted by molar-refractivity contribution is 7.18. The van der Waals surface area contributed by atoms with Crippen molar-refractivity contribution in [3.63, 3.8) is 0 Å². The zero-order valence-corrected chi connectivity index (χ0v) is 11.5. The number of para-hydroxylation sites is 2. The lowest BCUT2D eigenvalue weighted by Crippen LogP contribution is -1.72. The van der Waals surface area contributed by atoms with Crippen LogP contribution in [0.5, 0.6) is 0 Å². The number of hydrogen-bond acceptors (Lipinski definition) is 2. The number of imidazole rings is 1. The fraction of sp³-hybridized carbons (Fsp3) is 0. The Bertz CT molecular complexity index is 826. The van der Waals surface area contributed by atoms with Crippen LogP contribution in [0.1, 0.15) is 0 Å². The Morgan fingerprint density at radius 3 is 2.35 bits per heavy atom. The number of benzene rings is 2. The van der Waals surface area contributed by atoms with Gasteiger partial charge in [0.2, 0.25) is 0 Å². The lowest BCUT2D eigenvalue weighted by molar-refractivity contribution is 1.36. The normalized spacial score (nSPS) is 11.0. The first-order valence-electron chi connectivity index (χ1n) is 6.50. The van der Waals surface area contributed by atoms with Crippen LogP contribution < -0.4 is 0 Å². The number of aromatic nitrogens is 2. The van der Waals surface area contributed by atoms with Crippen LogP contribution in [0.4, 0.5) is 0 Å². The van der Waals surface area contributed by atoms with Gasteiger partial charge in [-0.3, -0.25) is 0 Å². The van der Waals surface area contributed by atoms with Crippen molar-refractivity contribution in [3.05, 3.63) is 66.7 Å². The van der Waals surface area contributed by atoms with E-state index in [2.05, 4.69) is 52.4 Å². The van der Waals surface area contributed by atoms with Gasteiger partial charge in [-0.2, -0.15) is 0 Å². The molecule has 0 saturated carbocycles. The van der Waals surface area contributed by atoms with Crippen molar-refractivity contribution in [2.75, 3.05) is 0 Å². The average Bonchev–Trinajstić information content (AvgIpc) is 3.14. The Morgan fingerprint density at radius 1 is 0.750 bits per heavy atom. The highest BCUT2D eigenvalue weighted by Crippen LogP contribution is 2.33. The van der Waals surface area contributed by atoms with Crippen molar-refractivity contribution < 1.29 is 0 Å². The third-order valence-corrected chi connectivity index (χ3v) is 4.43. The summed E-state index contributed by atoms with van der Waals surface area (Å²) in [5.74, 6) is 0.943. The predicted octanol–water partition coefficient (Wildman–Crippen LogP) is 4.96. The summed E-state index contributed by atoms with van der Waals surface area (Å²) in [5, 5.41) is 0. The number of H-pyrrole nitrogens is 1. The summed E-state index contributed by atoms with van der Waals surface area (Å²) in [4.78, 5) is 10.5. The zero-order chi connectivity index (χ0) is 13.4. The molecule has 0 radical (unpaired) electrons. The van der Waals surface area contributed by atoms with Gasteiger partial charge in [-0.05, 0) is 29.8 Å². The Morgan fingerprint density at radius 2 is 1.50 bits per heavy atom. The monoisotopic (exact) mass is 276 g/mol. The SMILES string of the molecule is c1ccc(-c2ccc(-c3nc4ccccc4[nH]3)s2)cc1. The number of fused-ring (bicyclic) bond motifs is 1. The maximum Gasteiger partial charge on any atom is 0.148 e. The Kier molecular flexibility index (Phi) is 2.64. The Labute approximate surface area is 120 Å². The standard InChI is InChI=1S/C17H12N2S/c1-2-6-12(7-3-1)15-10-11-16(20-15)17-18-13-8-4-5-9-14(13)19-17/h1-11H,(H,18,19). The molecule has 2 aromatic heterocycles. The van der Waals surface area contributed by atoms with Gasteiger partial charge in [-0.1, -0.05) is 42.5 Å². The summed E-state index contributed by atoms with van der Waals surface area (Å²) in [6.07, 6.45) is 0. The highest BCUT2D eigenvalue weighted by atomic mass is 32.1. The molecule has 4 rings (SSSR count). The van der Waals surface area contributed by atoms with Crippen molar-refractivity contribution in [3.8, 4) is 21.1 Å². The summed E-state index contributed by atoms with van der Waals surface area (Å²) in [6, 6.07) is 22.8. The first-order valence-corrected chi connectivity index (χ1v) is 7.32. The third kappa shape index (κ3) is 1.92. The number of aromatic amines is 1. The molecule has 0 fully saturated rings. The van der Waals surface area contributed by atoms with Gasteiger partial charge in [-0.25, -0.2) is 4.98 Å². The molecule has 0 aliphatic carbocycles. The molecule has 0 aliphatic rings. The quantitative estimate of drug-likeness (QED) is 0.551. The molecule has 1 N–H and O–H groups in total. The molecular weight excluding hydrogens is 264 g/mol. The van der Waals surface area contributed by atoms with Gasteiger partial charge >= 0.3 is 0 Å². The molecular formula is C17H12N2S. The van der Waals surface area contributed by atoms with Crippen molar-refractivity contribution in [1.82, 2.24) is 9.97 Å². The molecule has 96 valence electrons. The smallest absolute Gasteiger partial charge is 0.148 e. The molecule has 20 heavy (non-hydrogen) atoms. The van der Waals surface area contributed by atoms with E-state index < -0.39 is 0 Å². The van der Waals surface area contributed by atoms with Crippen LogP contribution in [-0.2, 0) is 0 Å². The van der Waals surface area contributed by atoms with E-state index in [0.717, 1.165) is 16.9 Å². The van der Waals surface area contributed by atoms with Crippen molar-refractivity contribution >= 4 is 22.4 Å². The van der Waals surface area contributed by atoms with Crippen LogP contribution >= 0.6 is 11.3 Å². The molecule has 0 spiro atoms. The molecule has 4 aromatic rings. The second kappa shape index (κ2) is 4.62. The number of thiophene rings is 1. The summed E-state index contributed by atoms with van der Waals surface area (Å²) >= 11 is 1.76. The molecule has 2 aromatic carbocycles. The van der Waals surface area contributed by atoms with Crippen LogP contribution in [0.15, 0.2) is 66.7 Å². The van der Waals surface area contributed by atoms with E-state index in [4.69, 9.17) is 0 Å². The molecule has 0 unspecified atom stereocenters. The minimum absolute atomic E-state index is 0.943. The molecule has 2 nitrogen and oxygen atoms in total. The minimum atomic E-state index is 0.943. The molecule has 0 amide bonds. The summed E-state index contributed by atoms with van der Waals surface area (Å²) in [7, 11) is 0. The third-order valence-electron chi connectivity index (χ3n) is 3.29. The lowest BCUT2D eigenvalue weighted by Gasteiger charge is -1.94. The summed E-state index contributed by atoms with van der Waals surface area (Å²) in [5.41, 5.74) is 3.34.